The number of hydrogen-bond acceptors (Lipinski definition) is 5. The lowest BCUT2D eigenvalue weighted by Gasteiger charge is -2.22. The summed E-state index contributed by atoms with van der Waals surface area (Å²) in [5, 5.41) is 3.30. The van der Waals surface area contributed by atoms with E-state index in [-0.39, 0.29) is 23.0 Å². The van der Waals surface area contributed by atoms with Crippen LogP contribution < -0.4 is 5.32 Å². The number of likely N-dealkylation sites (tertiary alicyclic amines) is 1. The van der Waals surface area contributed by atoms with Gasteiger partial charge >= 0.3 is 0 Å². The van der Waals surface area contributed by atoms with Crippen molar-refractivity contribution in [2.75, 3.05) is 13.1 Å². The van der Waals surface area contributed by atoms with Crippen molar-refractivity contribution in [2.24, 2.45) is 0 Å². The van der Waals surface area contributed by atoms with E-state index in [0.29, 0.717) is 19.6 Å². The lowest BCUT2D eigenvalue weighted by molar-refractivity contribution is -0.125. The van der Waals surface area contributed by atoms with E-state index in [1.165, 1.54) is 12.1 Å². The first kappa shape index (κ1) is 19.7. The molecule has 1 aliphatic rings. The standard InChI is InChI=1S/C21H23FN4O2S/c22-16-3-5-18(6-4-16)29-19-12-20(26(14-19)13-17-2-1-11-28-17)21(27)24-8-10-25-9-7-23-15-25/h1-7,9,11,15,19-20H,8,10,12-14H2,(H,24,27)/t19-,20+/m1/s1. The molecule has 1 fully saturated rings. The van der Waals surface area contributed by atoms with Crippen LogP contribution >= 0.6 is 11.8 Å². The zero-order valence-electron chi connectivity index (χ0n) is 15.9. The maximum Gasteiger partial charge on any atom is 0.237 e. The zero-order chi connectivity index (χ0) is 20.1. The van der Waals surface area contributed by atoms with E-state index < -0.39 is 0 Å². The number of furan rings is 1. The van der Waals surface area contributed by atoms with E-state index in [2.05, 4.69) is 15.2 Å². The number of imidazole rings is 1. The van der Waals surface area contributed by atoms with Crippen LogP contribution in [0.4, 0.5) is 4.39 Å². The maximum atomic E-state index is 13.2. The van der Waals surface area contributed by atoms with Crippen LogP contribution in [-0.2, 0) is 17.9 Å². The summed E-state index contributed by atoms with van der Waals surface area (Å²) in [5.74, 6) is 0.628. The van der Waals surface area contributed by atoms with E-state index >= 15 is 0 Å². The smallest absolute Gasteiger partial charge is 0.237 e. The fourth-order valence-corrected chi connectivity index (χ4v) is 4.77. The highest BCUT2D eigenvalue weighted by molar-refractivity contribution is 8.00. The van der Waals surface area contributed by atoms with Crippen LogP contribution in [0.1, 0.15) is 12.2 Å². The molecule has 1 N–H and O–H groups in total. The van der Waals surface area contributed by atoms with Gasteiger partial charge in [0.25, 0.3) is 0 Å². The van der Waals surface area contributed by atoms with E-state index in [1.807, 2.05) is 22.9 Å². The molecular weight excluding hydrogens is 391 g/mol. The highest BCUT2D eigenvalue weighted by Gasteiger charge is 2.37. The molecule has 3 aromatic rings. The second-order valence-electron chi connectivity index (χ2n) is 7.05. The van der Waals surface area contributed by atoms with Crippen LogP contribution in [0.25, 0.3) is 0 Å². The monoisotopic (exact) mass is 414 g/mol. The molecule has 152 valence electrons. The van der Waals surface area contributed by atoms with Gasteiger partial charge in [-0.15, -0.1) is 11.8 Å². The average Bonchev–Trinajstić information content (AvgIpc) is 3.47. The normalized spacial score (nSPS) is 19.5. The summed E-state index contributed by atoms with van der Waals surface area (Å²) in [6.45, 7) is 2.59. The fraction of sp³-hybridized carbons (Fsp3) is 0.333. The van der Waals surface area contributed by atoms with Crippen molar-refractivity contribution in [3.63, 3.8) is 0 Å². The SMILES string of the molecule is O=C(NCCn1ccnc1)[C@@H]1C[C@@H](Sc2ccc(F)cc2)CN1Cc1ccco1. The van der Waals surface area contributed by atoms with Crippen LogP contribution in [0.2, 0.25) is 0 Å². The molecule has 2 atom stereocenters. The molecule has 0 aliphatic carbocycles. The number of hydrogen-bond donors (Lipinski definition) is 1. The molecule has 6 nitrogen and oxygen atoms in total. The van der Waals surface area contributed by atoms with E-state index in [0.717, 1.165) is 23.6 Å². The first-order chi connectivity index (χ1) is 14.2. The molecule has 1 saturated heterocycles. The molecule has 0 radical (unpaired) electrons. The second kappa shape index (κ2) is 9.28. The van der Waals surface area contributed by atoms with Crippen LogP contribution in [-0.4, -0.2) is 44.7 Å². The topological polar surface area (TPSA) is 63.3 Å². The Hall–Kier alpha value is -2.58. The average molecular weight is 415 g/mol. The molecule has 2 aromatic heterocycles. The van der Waals surface area contributed by atoms with Gasteiger partial charge in [0.05, 0.1) is 25.2 Å². The number of nitrogens with one attached hydrogen (secondary N) is 1. The highest BCUT2D eigenvalue weighted by atomic mass is 32.2. The van der Waals surface area contributed by atoms with Crippen LogP contribution in [0.5, 0.6) is 0 Å². The summed E-state index contributed by atoms with van der Waals surface area (Å²) in [4.78, 5) is 20.1. The Bertz CT molecular complexity index is 899. The Morgan fingerprint density at radius 1 is 1.31 bits per heavy atom. The number of rotatable bonds is 8. The third kappa shape index (κ3) is 5.27. The number of carbonyl (C=O) groups excluding carboxylic acids is 1. The van der Waals surface area contributed by atoms with E-state index in [1.54, 1.807) is 42.7 Å². The van der Waals surface area contributed by atoms with Gasteiger partial charge in [-0.3, -0.25) is 9.69 Å². The summed E-state index contributed by atoms with van der Waals surface area (Å²) in [6.07, 6.45) is 7.72. The quantitative estimate of drug-likeness (QED) is 0.614. The molecule has 0 unspecified atom stereocenters. The third-order valence-electron chi connectivity index (χ3n) is 4.95. The summed E-state index contributed by atoms with van der Waals surface area (Å²) in [6, 6.07) is 10.1. The Morgan fingerprint density at radius 3 is 2.90 bits per heavy atom. The number of nitrogens with zero attached hydrogens (tertiary/aromatic N) is 3. The Labute approximate surface area is 173 Å². The Morgan fingerprint density at radius 2 is 2.17 bits per heavy atom. The van der Waals surface area contributed by atoms with Gasteiger partial charge in [-0.05, 0) is 42.8 Å². The van der Waals surface area contributed by atoms with Crippen LogP contribution in [0.15, 0.2) is 70.7 Å². The largest absolute Gasteiger partial charge is 0.468 e. The van der Waals surface area contributed by atoms with Crippen molar-refractivity contribution in [3.8, 4) is 0 Å². The fourth-order valence-electron chi connectivity index (χ4n) is 3.55. The first-order valence-electron chi connectivity index (χ1n) is 9.59. The van der Waals surface area contributed by atoms with Gasteiger partial charge < -0.3 is 14.3 Å². The minimum atomic E-state index is -0.240. The Kier molecular flexibility index (Phi) is 6.31. The summed E-state index contributed by atoms with van der Waals surface area (Å²) >= 11 is 1.69. The van der Waals surface area contributed by atoms with Crippen LogP contribution in [0, 0.1) is 5.82 Å². The van der Waals surface area contributed by atoms with Gasteiger partial charge in [-0.1, -0.05) is 0 Å². The number of benzene rings is 1. The number of aromatic nitrogens is 2. The molecule has 4 rings (SSSR count). The maximum absolute atomic E-state index is 13.2. The lowest BCUT2D eigenvalue weighted by Crippen LogP contribution is -2.43. The summed E-state index contributed by atoms with van der Waals surface area (Å²) < 4.78 is 20.6. The van der Waals surface area contributed by atoms with Crippen molar-refractivity contribution in [2.45, 2.75) is 35.7 Å². The minimum Gasteiger partial charge on any atom is -0.468 e. The number of halogens is 1. The molecule has 29 heavy (non-hydrogen) atoms. The van der Waals surface area contributed by atoms with Gasteiger partial charge in [-0.25, -0.2) is 9.37 Å². The first-order valence-corrected chi connectivity index (χ1v) is 10.5. The molecule has 1 amide bonds. The summed E-state index contributed by atoms with van der Waals surface area (Å²) in [7, 11) is 0. The van der Waals surface area contributed by atoms with Crippen molar-refractivity contribution in [3.05, 3.63) is 73.0 Å². The predicted molar refractivity (Wildman–Crippen MR) is 109 cm³/mol. The second-order valence-corrected chi connectivity index (χ2v) is 8.42. The van der Waals surface area contributed by atoms with Gasteiger partial charge in [0, 0.05) is 42.2 Å². The van der Waals surface area contributed by atoms with E-state index in [9.17, 15) is 9.18 Å². The van der Waals surface area contributed by atoms with Crippen LogP contribution in [0.3, 0.4) is 0 Å². The number of thioether (sulfide) groups is 1. The van der Waals surface area contributed by atoms with E-state index in [4.69, 9.17) is 4.42 Å². The van der Waals surface area contributed by atoms with Gasteiger partial charge in [0.2, 0.25) is 5.91 Å². The number of amides is 1. The van der Waals surface area contributed by atoms with Gasteiger partial charge in [-0.2, -0.15) is 0 Å². The molecular formula is C21H23FN4O2S. The third-order valence-corrected chi connectivity index (χ3v) is 6.17. The molecule has 3 heterocycles. The van der Waals surface area contributed by atoms with Crippen molar-refractivity contribution < 1.29 is 13.6 Å². The van der Waals surface area contributed by atoms with Crippen molar-refractivity contribution in [1.29, 1.82) is 0 Å². The Balaban J connectivity index is 1.38. The van der Waals surface area contributed by atoms with Gasteiger partial charge in [0.1, 0.15) is 11.6 Å². The van der Waals surface area contributed by atoms with Gasteiger partial charge in [0.15, 0.2) is 0 Å². The minimum absolute atomic E-state index is 0.0267. The molecule has 8 heteroatoms. The van der Waals surface area contributed by atoms with Crippen molar-refractivity contribution in [1.82, 2.24) is 19.8 Å². The summed E-state index contributed by atoms with van der Waals surface area (Å²) in [5.41, 5.74) is 0. The molecule has 0 spiro atoms. The molecule has 0 bridgehead atoms. The number of carbonyl (C=O) groups is 1. The zero-order valence-corrected chi connectivity index (χ0v) is 16.7. The molecule has 1 aromatic carbocycles. The lowest BCUT2D eigenvalue weighted by atomic mass is 10.2. The molecule has 1 aliphatic heterocycles. The van der Waals surface area contributed by atoms with Crippen molar-refractivity contribution >= 4 is 17.7 Å². The predicted octanol–water partition coefficient (Wildman–Crippen LogP) is 3.17. The highest BCUT2D eigenvalue weighted by Crippen LogP contribution is 2.34. The molecule has 0 saturated carbocycles.